The van der Waals surface area contributed by atoms with Crippen LogP contribution >= 0.6 is 11.6 Å². The van der Waals surface area contributed by atoms with Crippen molar-refractivity contribution in [3.05, 3.63) is 58.3 Å². The molecule has 2 N–H and O–H groups in total. The molecular weight excluding hydrogens is 229 g/mol. The van der Waals surface area contributed by atoms with Crippen molar-refractivity contribution in [3.8, 4) is 0 Å². The van der Waals surface area contributed by atoms with Gasteiger partial charge in [0.05, 0.1) is 12.3 Å². The van der Waals surface area contributed by atoms with Crippen LogP contribution in [0.1, 0.15) is 22.7 Å². The van der Waals surface area contributed by atoms with E-state index in [4.69, 9.17) is 21.8 Å². The average molecular weight is 240 g/mol. The van der Waals surface area contributed by atoms with Gasteiger partial charge in [0.25, 0.3) is 0 Å². The molecule has 0 amide bonds. The highest BCUT2D eigenvalue weighted by Gasteiger charge is 2.15. The van der Waals surface area contributed by atoms with Gasteiger partial charge >= 0.3 is 0 Å². The van der Waals surface area contributed by atoms with Crippen molar-refractivity contribution in [2.45, 2.75) is 13.0 Å². The number of rotatable bonds is 2. The smallest absolute Gasteiger partial charge is 0.198 e. The molecule has 1 aromatic carbocycles. The Kier molecular flexibility index (Phi) is 2.99. The van der Waals surface area contributed by atoms with Crippen molar-refractivity contribution >= 4 is 11.6 Å². The molecule has 0 saturated carbocycles. The lowest BCUT2D eigenvalue weighted by molar-refractivity contribution is 0.564. The molecule has 0 fully saturated rings. The fourth-order valence-corrected chi connectivity index (χ4v) is 1.74. The summed E-state index contributed by atoms with van der Waals surface area (Å²) in [5, 5.41) is 0.244. The summed E-state index contributed by atoms with van der Waals surface area (Å²) in [6.45, 7) is 1.70. The zero-order chi connectivity index (χ0) is 11.7. The van der Waals surface area contributed by atoms with E-state index >= 15 is 0 Å². The van der Waals surface area contributed by atoms with Gasteiger partial charge in [-0.15, -0.1) is 0 Å². The molecule has 1 unspecified atom stereocenters. The predicted molar refractivity (Wildman–Crippen MR) is 60.9 cm³/mol. The highest BCUT2D eigenvalue weighted by atomic mass is 35.5. The summed E-state index contributed by atoms with van der Waals surface area (Å²) in [5.74, 6) is -0.271. The first-order valence-corrected chi connectivity index (χ1v) is 5.22. The van der Waals surface area contributed by atoms with Crippen molar-refractivity contribution in [1.29, 1.82) is 0 Å². The van der Waals surface area contributed by atoms with Crippen molar-refractivity contribution in [2.24, 2.45) is 5.73 Å². The quantitative estimate of drug-likeness (QED) is 0.872. The van der Waals surface area contributed by atoms with Gasteiger partial charge in [0, 0.05) is 5.56 Å². The number of nitrogens with two attached hydrogens (primary N) is 1. The first-order chi connectivity index (χ1) is 7.59. The predicted octanol–water partition coefficient (Wildman–Crippen LogP) is 3.43. The third-order valence-corrected chi connectivity index (χ3v) is 2.84. The minimum Gasteiger partial charge on any atom is -0.453 e. The van der Waals surface area contributed by atoms with Crippen LogP contribution in [0.3, 0.4) is 0 Å². The highest BCUT2D eigenvalue weighted by Crippen LogP contribution is 2.28. The van der Waals surface area contributed by atoms with E-state index in [1.54, 1.807) is 25.1 Å². The summed E-state index contributed by atoms with van der Waals surface area (Å²) in [5.41, 5.74) is 7.89. The van der Waals surface area contributed by atoms with Gasteiger partial charge in [0.15, 0.2) is 5.22 Å². The molecule has 2 nitrogen and oxygen atoms in total. The van der Waals surface area contributed by atoms with Crippen LogP contribution in [0.4, 0.5) is 4.39 Å². The van der Waals surface area contributed by atoms with Gasteiger partial charge < -0.3 is 10.2 Å². The molecule has 1 heterocycles. The van der Waals surface area contributed by atoms with Crippen LogP contribution in [0, 0.1) is 12.7 Å². The summed E-state index contributed by atoms with van der Waals surface area (Å²) >= 11 is 5.82. The van der Waals surface area contributed by atoms with Crippen LogP contribution < -0.4 is 5.73 Å². The monoisotopic (exact) mass is 239 g/mol. The fourth-order valence-electron chi connectivity index (χ4n) is 1.51. The van der Waals surface area contributed by atoms with Crippen LogP contribution in [-0.4, -0.2) is 0 Å². The molecule has 84 valence electrons. The molecule has 16 heavy (non-hydrogen) atoms. The molecule has 0 aliphatic carbocycles. The van der Waals surface area contributed by atoms with Gasteiger partial charge in [-0.2, -0.15) is 0 Å². The van der Waals surface area contributed by atoms with Gasteiger partial charge in [0.1, 0.15) is 5.82 Å². The maximum absolute atomic E-state index is 13.4. The van der Waals surface area contributed by atoms with E-state index in [1.165, 1.54) is 12.3 Å². The molecule has 1 atom stereocenters. The fraction of sp³-hybridized carbons (Fsp3) is 0.167. The maximum atomic E-state index is 13.4. The van der Waals surface area contributed by atoms with Crippen LogP contribution in [0.5, 0.6) is 0 Å². The Hall–Kier alpha value is -1.32. The van der Waals surface area contributed by atoms with Gasteiger partial charge in [-0.1, -0.05) is 12.1 Å². The third-order valence-electron chi connectivity index (χ3n) is 2.54. The Labute approximate surface area is 97.8 Å². The Morgan fingerprint density at radius 3 is 2.69 bits per heavy atom. The van der Waals surface area contributed by atoms with Crippen molar-refractivity contribution < 1.29 is 8.81 Å². The Balaban J connectivity index is 2.38. The zero-order valence-electron chi connectivity index (χ0n) is 8.71. The van der Waals surface area contributed by atoms with Gasteiger partial charge in [0.2, 0.25) is 0 Å². The Bertz CT molecular complexity index is 509. The van der Waals surface area contributed by atoms with E-state index in [0.717, 1.165) is 0 Å². The van der Waals surface area contributed by atoms with Crippen LogP contribution in [-0.2, 0) is 0 Å². The van der Waals surface area contributed by atoms with Crippen molar-refractivity contribution in [1.82, 2.24) is 0 Å². The second-order valence-corrected chi connectivity index (χ2v) is 3.98. The Morgan fingerprint density at radius 1 is 1.38 bits per heavy atom. The van der Waals surface area contributed by atoms with E-state index in [-0.39, 0.29) is 11.0 Å². The SMILES string of the molecule is Cc1ccc(C(N)c2ccoc2Cl)cc1F. The lowest BCUT2D eigenvalue weighted by Gasteiger charge is -2.11. The molecule has 0 radical (unpaired) electrons. The van der Waals surface area contributed by atoms with Gasteiger partial charge in [-0.05, 0) is 41.8 Å². The lowest BCUT2D eigenvalue weighted by atomic mass is 10.0. The second-order valence-electron chi connectivity index (χ2n) is 3.64. The van der Waals surface area contributed by atoms with E-state index < -0.39 is 6.04 Å². The van der Waals surface area contributed by atoms with Gasteiger partial charge in [-0.25, -0.2) is 4.39 Å². The minimum absolute atomic E-state index is 0.244. The number of halogens is 2. The van der Waals surface area contributed by atoms with E-state index in [2.05, 4.69) is 0 Å². The molecule has 2 rings (SSSR count). The standard InChI is InChI=1S/C12H11ClFNO/c1-7-2-3-8(6-10(7)14)11(15)9-4-5-16-12(9)13/h2-6,11H,15H2,1H3. The number of furan rings is 1. The first kappa shape index (κ1) is 11.2. The number of aryl methyl sites for hydroxylation is 1. The minimum atomic E-state index is -0.471. The average Bonchev–Trinajstić information content (AvgIpc) is 2.67. The normalized spacial score (nSPS) is 12.8. The molecule has 0 saturated heterocycles. The molecule has 0 spiro atoms. The highest BCUT2D eigenvalue weighted by molar-refractivity contribution is 6.29. The van der Waals surface area contributed by atoms with E-state index in [0.29, 0.717) is 16.7 Å². The zero-order valence-corrected chi connectivity index (χ0v) is 9.46. The molecule has 2 aromatic rings. The summed E-state index contributed by atoms with van der Waals surface area (Å²) in [6.07, 6.45) is 1.46. The molecule has 0 bridgehead atoms. The topological polar surface area (TPSA) is 39.2 Å². The third kappa shape index (κ3) is 1.96. The van der Waals surface area contributed by atoms with E-state index in [1.807, 2.05) is 0 Å². The molecule has 0 aliphatic rings. The number of hydrogen-bond acceptors (Lipinski definition) is 2. The Morgan fingerprint density at radius 2 is 2.12 bits per heavy atom. The first-order valence-electron chi connectivity index (χ1n) is 4.84. The van der Waals surface area contributed by atoms with Crippen molar-refractivity contribution in [3.63, 3.8) is 0 Å². The molecular formula is C12H11ClFNO. The number of hydrogen-bond donors (Lipinski definition) is 1. The van der Waals surface area contributed by atoms with Gasteiger partial charge in [-0.3, -0.25) is 0 Å². The van der Waals surface area contributed by atoms with Crippen LogP contribution in [0.15, 0.2) is 34.9 Å². The second kappa shape index (κ2) is 4.28. The summed E-state index contributed by atoms with van der Waals surface area (Å²) in [4.78, 5) is 0. The molecule has 4 heteroatoms. The number of benzene rings is 1. The molecule has 0 aliphatic heterocycles. The van der Waals surface area contributed by atoms with E-state index in [9.17, 15) is 4.39 Å². The van der Waals surface area contributed by atoms with Crippen molar-refractivity contribution in [2.75, 3.05) is 0 Å². The summed E-state index contributed by atoms with van der Waals surface area (Å²) < 4.78 is 18.3. The maximum Gasteiger partial charge on any atom is 0.198 e. The molecule has 1 aromatic heterocycles. The van der Waals surface area contributed by atoms with Crippen LogP contribution in [0.25, 0.3) is 0 Å². The lowest BCUT2D eigenvalue weighted by Crippen LogP contribution is -2.11. The summed E-state index contributed by atoms with van der Waals surface area (Å²) in [6, 6.07) is 6.11. The largest absolute Gasteiger partial charge is 0.453 e. The summed E-state index contributed by atoms with van der Waals surface area (Å²) in [7, 11) is 0. The van der Waals surface area contributed by atoms with Crippen LogP contribution in [0.2, 0.25) is 5.22 Å².